The Morgan fingerprint density at radius 3 is 2.66 bits per heavy atom. The van der Waals surface area contributed by atoms with Crippen molar-refractivity contribution in [3.63, 3.8) is 0 Å². The van der Waals surface area contributed by atoms with E-state index in [1.165, 1.54) is 0 Å². The number of piperazine rings is 1. The normalized spacial score (nSPS) is 16.7. The molecule has 1 heterocycles. The lowest BCUT2D eigenvalue weighted by molar-refractivity contribution is -0.134. The van der Waals surface area contributed by atoms with Crippen molar-refractivity contribution in [1.82, 2.24) is 15.5 Å². The zero-order valence-corrected chi connectivity index (χ0v) is 16.0. The van der Waals surface area contributed by atoms with E-state index in [1.54, 1.807) is 0 Å². The number of ether oxygens (including phenoxy) is 1. The molecule has 3 rings (SSSR count). The standard InChI is InChI=1S/C21H24N4O4/c22-19(26)13-24-20(27)12-18-21(28)23-9-10-25(18)14-15-5-4-8-17(11-15)29-16-6-2-1-3-7-16/h1-8,11,18H,9-10,12-14H2,(H2,22,26)(H,23,28)(H,24,27). The summed E-state index contributed by atoms with van der Waals surface area (Å²) in [6.07, 6.45) is -0.0423. The molecule has 152 valence electrons. The molecule has 2 aromatic carbocycles. The fraction of sp³-hybridized carbons (Fsp3) is 0.286. The summed E-state index contributed by atoms with van der Waals surface area (Å²) >= 11 is 0. The highest BCUT2D eigenvalue weighted by Crippen LogP contribution is 2.23. The molecule has 1 atom stereocenters. The topological polar surface area (TPSA) is 114 Å². The summed E-state index contributed by atoms with van der Waals surface area (Å²) in [7, 11) is 0. The van der Waals surface area contributed by atoms with Crippen LogP contribution >= 0.6 is 0 Å². The summed E-state index contributed by atoms with van der Waals surface area (Å²) in [6.45, 7) is 1.38. The molecular formula is C21H24N4O4. The average Bonchev–Trinajstić information content (AvgIpc) is 2.70. The molecular weight excluding hydrogens is 372 g/mol. The Labute approximate surface area is 169 Å². The van der Waals surface area contributed by atoms with Gasteiger partial charge in [-0.2, -0.15) is 0 Å². The van der Waals surface area contributed by atoms with Crippen LogP contribution in [-0.2, 0) is 20.9 Å². The lowest BCUT2D eigenvalue weighted by Gasteiger charge is -2.34. The highest BCUT2D eigenvalue weighted by molar-refractivity contribution is 5.90. The van der Waals surface area contributed by atoms with E-state index in [0.717, 1.165) is 11.3 Å². The highest BCUT2D eigenvalue weighted by atomic mass is 16.5. The lowest BCUT2D eigenvalue weighted by atomic mass is 10.1. The summed E-state index contributed by atoms with van der Waals surface area (Å²) < 4.78 is 5.87. The largest absolute Gasteiger partial charge is 0.457 e. The van der Waals surface area contributed by atoms with Crippen LogP contribution in [-0.4, -0.2) is 48.3 Å². The number of carbonyl (C=O) groups excluding carboxylic acids is 3. The molecule has 0 radical (unpaired) electrons. The predicted octanol–water partition coefficient (Wildman–Crippen LogP) is 0.771. The minimum atomic E-state index is -0.626. The van der Waals surface area contributed by atoms with Gasteiger partial charge in [0.25, 0.3) is 0 Å². The van der Waals surface area contributed by atoms with Gasteiger partial charge in [-0.25, -0.2) is 0 Å². The molecule has 3 amide bonds. The van der Waals surface area contributed by atoms with Crippen LogP contribution in [0.2, 0.25) is 0 Å². The molecule has 0 bridgehead atoms. The molecule has 8 nitrogen and oxygen atoms in total. The Balaban J connectivity index is 1.66. The summed E-state index contributed by atoms with van der Waals surface area (Å²) in [4.78, 5) is 37.2. The molecule has 8 heteroatoms. The van der Waals surface area contributed by atoms with Gasteiger partial charge in [-0.1, -0.05) is 30.3 Å². The number of amides is 3. The van der Waals surface area contributed by atoms with Gasteiger partial charge in [0, 0.05) is 19.6 Å². The Hall–Kier alpha value is -3.39. The Kier molecular flexibility index (Phi) is 6.80. The summed E-state index contributed by atoms with van der Waals surface area (Å²) in [6, 6.07) is 16.5. The van der Waals surface area contributed by atoms with Gasteiger partial charge in [0.2, 0.25) is 17.7 Å². The first-order chi connectivity index (χ1) is 14.0. The van der Waals surface area contributed by atoms with Gasteiger partial charge in [-0.05, 0) is 29.8 Å². The third kappa shape index (κ3) is 6.05. The number of nitrogens with two attached hydrogens (primary N) is 1. The fourth-order valence-corrected chi connectivity index (χ4v) is 3.17. The van der Waals surface area contributed by atoms with Crippen LogP contribution in [0.3, 0.4) is 0 Å². The first kappa shape index (κ1) is 20.3. The quantitative estimate of drug-likeness (QED) is 0.610. The Bertz CT molecular complexity index is 872. The van der Waals surface area contributed by atoms with Gasteiger partial charge in [-0.3, -0.25) is 19.3 Å². The maximum atomic E-state index is 12.3. The van der Waals surface area contributed by atoms with E-state index in [1.807, 2.05) is 59.5 Å². The zero-order valence-electron chi connectivity index (χ0n) is 16.0. The number of hydrogen-bond acceptors (Lipinski definition) is 5. The molecule has 0 saturated carbocycles. The van der Waals surface area contributed by atoms with E-state index < -0.39 is 17.9 Å². The minimum absolute atomic E-state index is 0.0423. The Morgan fingerprint density at radius 2 is 1.90 bits per heavy atom. The number of hydrogen-bond donors (Lipinski definition) is 3. The second kappa shape index (κ2) is 9.70. The van der Waals surface area contributed by atoms with Crippen molar-refractivity contribution in [3.05, 3.63) is 60.2 Å². The Morgan fingerprint density at radius 1 is 1.14 bits per heavy atom. The number of nitrogens with one attached hydrogen (secondary N) is 2. The first-order valence-corrected chi connectivity index (χ1v) is 9.40. The van der Waals surface area contributed by atoms with Crippen LogP contribution in [0.5, 0.6) is 11.5 Å². The molecule has 4 N–H and O–H groups in total. The van der Waals surface area contributed by atoms with E-state index in [-0.39, 0.29) is 18.9 Å². The predicted molar refractivity (Wildman–Crippen MR) is 107 cm³/mol. The van der Waals surface area contributed by atoms with Gasteiger partial charge in [0.15, 0.2) is 0 Å². The summed E-state index contributed by atoms with van der Waals surface area (Å²) in [5.41, 5.74) is 6.01. The van der Waals surface area contributed by atoms with Crippen molar-refractivity contribution in [2.24, 2.45) is 5.73 Å². The summed E-state index contributed by atoms with van der Waals surface area (Å²) in [5, 5.41) is 5.22. The van der Waals surface area contributed by atoms with Crippen molar-refractivity contribution in [3.8, 4) is 11.5 Å². The van der Waals surface area contributed by atoms with E-state index in [2.05, 4.69) is 10.6 Å². The van der Waals surface area contributed by atoms with Crippen molar-refractivity contribution in [1.29, 1.82) is 0 Å². The molecule has 1 aliphatic heterocycles. The molecule has 29 heavy (non-hydrogen) atoms. The smallest absolute Gasteiger partial charge is 0.237 e. The number of carbonyl (C=O) groups is 3. The van der Waals surface area contributed by atoms with Crippen molar-refractivity contribution < 1.29 is 19.1 Å². The third-order valence-electron chi connectivity index (χ3n) is 4.54. The molecule has 0 aromatic heterocycles. The second-order valence-electron chi connectivity index (χ2n) is 6.79. The van der Waals surface area contributed by atoms with Gasteiger partial charge in [-0.15, -0.1) is 0 Å². The minimum Gasteiger partial charge on any atom is -0.457 e. The monoisotopic (exact) mass is 396 g/mol. The van der Waals surface area contributed by atoms with Crippen molar-refractivity contribution >= 4 is 17.7 Å². The van der Waals surface area contributed by atoms with Crippen molar-refractivity contribution in [2.75, 3.05) is 19.6 Å². The molecule has 1 aliphatic rings. The van der Waals surface area contributed by atoms with E-state index in [4.69, 9.17) is 10.5 Å². The van der Waals surface area contributed by atoms with Crippen LogP contribution in [0.25, 0.3) is 0 Å². The number of benzene rings is 2. The number of primary amides is 1. The van der Waals surface area contributed by atoms with Crippen LogP contribution in [0.1, 0.15) is 12.0 Å². The lowest BCUT2D eigenvalue weighted by Crippen LogP contribution is -2.56. The summed E-state index contributed by atoms with van der Waals surface area (Å²) in [5.74, 6) is 0.217. The zero-order chi connectivity index (χ0) is 20.6. The van der Waals surface area contributed by atoms with Crippen LogP contribution in [0, 0.1) is 0 Å². The van der Waals surface area contributed by atoms with E-state index in [0.29, 0.717) is 25.4 Å². The van der Waals surface area contributed by atoms with E-state index in [9.17, 15) is 14.4 Å². The van der Waals surface area contributed by atoms with Gasteiger partial charge in [0.05, 0.1) is 19.0 Å². The van der Waals surface area contributed by atoms with Crippen LogP contribution in [0.4, 0.5) is 0 Å². The van der Waals surface area contributed by atoms with Gasteiger partial charge in [0.1, 0.15) is 11.5 Å². The molecule has 0 aliphatic carbocycles. The number of para-hydroxylation sites is 1. The second-order valence-corrected chi connectivity index (χ2v) is 6.79. The van der Waals surface area contributed by atoms with Gasteiger partial charge >= 0.3 is 0 Å². The maximum Gasteiger partial charge on any atom is 0.237 e. The SMILES string of the molecule is NC(=O)CNC(=O)CC1C(=O)NCCN1Cc1cccc(Oc2ccccc2)c1. The molecule has 2 aromatic rings. The molecule has 0 spiro atoms. The van der Waals surface area contributed by atoms with E-state index >= 15 is 0 Å². The first-order valence-electron chi connectivity index (χ1n) is 9.40. The fourth-order valence-electron chi connectivity index (χ4n) is 3.17. The highest BCUT2D eigenvalue weighted by Gasteiger charge is 2.31. The number of rotatable bonds is 8. The van der Waals surface area contributed by atoms with Gasteiger partial charge < -0.3 is 21.1 Å². The third-order valence-corrected chi connectivity index (χ3v) is 4.54. The van der Waals surface area contributed by atoms with Crippen LogP contribution < -0.4 is 21.1 Å². The molecule has 1 saturated heterocycles. The molecule has 1 fully saturated rings. The van der Waals surface area contributed by atoms with Crippen LogP contribution in [0.15, 0.2) is 54.6 Å². The van der Waals surface area contributed by atoms with Crippen molar-refractivity contribution in [2.45, 2.75) is 19.0 Å². The average molecular weight is 396 g/mol. The molecule has 1 unspecified atom stereocenters. The maximum absolute atomic E-state index is 12.3. The number of nitrogens with zero attached hydrogens (tertiary/aromatic N) is 1.